The van der Waals surface area contributed by atoms with Crippen molar-refractivity contribution in [3.63, 3.8) is 0 Å². The first-order valence-electron chi connectivity index (χ1n) is 7.68. The van der Waals surface area contributed by atoms with Gasteiger partial charge in [-0.05, 0) is 38.4 Å². The van der Waals surface area contributed by atoms with Crippen LogP contribution in [0.1, 0.15) is 41.8 Å². The highest BCUT2D eigenvalue weighted by Crippen LogP contribution is 2.26. The molecule has 1 aromatic heterocycles. The van der Waals surface area contributed by atoms with Crippen LogP contribution >= 0.6 is 0 Å². The van der Waals surface area contributed by atoms with Gasteiger partial charge in [-0.1, -0.05) is 29.8 Å². The Kier molecular flexibility index (Phi) is 4.36. The summed E-state index contributed by atoms with van der Waals surface area (Å²) >= 11 is 0. The number of nitrogens with one attached hydrogen (secondary N) is 1. The van der Waals surface area contributed by atoms with Gasteiger partial charge in [0.25, 0.3) is 0 Å². The molecule has 0 saturated carbocycles. The van der Waals surface area contributed by atoms with Crippen LogP contribution in [0.3, 0.4) is 0 Å². The van der Waals surface area contributed by atoms with Crippen molar-refractivity contribution in [2.75, 3.05) is 19.6 Å². The fourth-order valence-corrected chi connectivity index (χ4v) is 3.03. The molecule has 0 spiro atoms. The Morgan fingerprint density at radius 3 is 2.62 bits per heavy atom. The second-order valence-corrected chi connectivity index (χ2v) is 5.98. The van der Waals surface area contributed by atoms with E-state index in [9.17, 15) is 5.11 Å². The summed E-state index contributed by atoms with van der Waals surface area (Å²) < 4.78 is 0. The zero-order valence-corrected chi connectivity index (χ0v) is 12.5. The number of benzene rings is 1. The quantitative estimate of drug-likeness (QED) is 0.908. The number of hydrogen-bond acceptors (Lipinski definition) is 3. The molecule has 21 heavy (non-hydrogen) atoms. The summed E-state index contributed by atoms with van der Waals surface area (Å²) in [5, 5.41) is 10.4. The van der Waals surface area contributed by atoms with Crippen molar-refractivity contribution in [1.29, 1.82) is 0 Å². The maximum absolute atomic E-state index is 10.4. The fraction of sp³-hybridized carbons (Fsp3) is 0.471. The number of aliphatic hydroxyl groups excluding tert-OH is 1. The molecule has 3 rings (SSSR count). The van der Waals surface area contributed by atoms with E-state index in [-0.39, 0.29) is 0 Å². The number of nitrogens with zero attached hydrogens (tertiary/aromatic N) is 2. The van der Waals surface area contributed by atoms with Gasteiger partial charge in [-0.15, -0.1) is 0 Å². The zero-order valence-electron chi connectivity index (χ0n) is 12.5. The molecule has 1 fully saturated rings. The molecule has 1 aliphatic heterocycles. The van der Waals surface area contributed by atoms with Gasteiger partial charge in [0.15, 0.2) is 0 Å². The molecule has 1 saturated heterocycles. The van der Waals surface area contributed by atoms with Crippen molar-refractivity contribution in [3.05, 3.63) is 53.6 Å². The van der Waals surface area contributed by atoms with Crippen LogP contribution in [-0.4, -0.2) is 39.6 Å². The number of imidazole rings is 1. The molecule has 112 valence electrons. The number of aromatic nitrogens is 2. The lowest BCUT2D eigenvalue weighted by Gasteiger charge is -2.32. The van der Waals surface area contributed by atoms with E-state index in [0.29, 0.717) is 12.5 Å². The van der Waals surface area contributed by atoms with Crippen LogP contribution in [0.5, 0.6) is 0 Å². The van der Waals surface area contributed by atoms with Gasteiger partial charge in [-0.2, -0.15) is 0 Å². The minimum Gasteiger partial charge on any atom is -0.387 e. The SMILES string of the molecule is Cc1ccc(C(O)CN2CCC(c3ncc[nH]3)CC2)cc1. The summed E-state index contributed by atoms with van der Waals surface area (Å²) in [6.45, 7) is 4.83. The second-order valence-electron chi connectivity index (χ2n) is 5.98. The molecule has 1 atom stereocenters. The molecule has 4 nitrogen and oxygen atoms in total. The molecule has 2 N–H and O–H groups in total. The Labute approximate surface area is 125 Å². The monoisotopic (exact) mass is 285 g/mol. The maximum Gasteiger partial charge on any atom is 0.109 e. The van der Waals surface area contributed by atoms with Crippen molar-refractivity contribution in [2.24, 2.45) is 0 Å². The van der Waals surface area contributed by atoms with Crippen molar-refractivity contribution in [3.8, 4) is 0 Å². The van der Waals surface area contributed by atoms with E-state index in [0.717, 1.165) is 37.3 Å². The number of H-pyrrole nitrogens is 1. The van der Waals surface area contributed by atoms with Gasteiger partial charge in [0.1, 0.15) is 5.82 Å². The molecular weight excluding hydrogens is 262 g/mol. The predicted molar refractivity (Wildman–Crippen MR) is 83.1 cm³/mol. The van der Waals surface area contributed by atoms with E-state index in [2.05, 4.69) is 33.9 Å². The number of hydrogen-bond donors (Lipinski definition) is 2. The third-order valence-corrected chi connectivity index (χ3v) is 4.39. The lowest BCUT2D eigenvalue weighted by molar-refractivity contribution is 0.0966. The zero-order chi connectivity index (χ0) is 14.7. The number of rotatable bonds is 4. The fourth-order valence-electron chi connectivity index (χ4n) is 3.03. The Bertz CT molecular complexity index is 542. The van der Waals surface area contributed by atoms with Gasteiger partial charge >= 0.3 is 0 Å². The Hall–Kier alpha value is -1.65. The summed E-state index contributed by atoms with van der Waals surface area (Å²) in [6, 6.07) is 8.16. The third-order valence-electron chi connectivity index (χ3n) is 4.39. The van der Waals surface area contributed by atoms with Crippen LogP contribution in [0.4, 0.5) is 0 Å². The smallest absolute Gasteiger partial charge is 0.109 e. The van der Waals surface area contributed by atoms with Crippen molar-refractivity contribution in [2.45, 2.75) is 31.8 Å². The lowest BCUT2D eigenvalue weighted by atomic mass is 9.95. The summed E-state index contributed by atoms with van der Waals surface area (Å²) in [4.78, 5) is 9.92. The maximum atomic E-state index is 10.4. The average molecular weight is 285 g/mol. The number of likely N-dealkylation sites (tertiary alicyclic amines) is 1. The minimum atomic E-state index is -0.397. The molecule has 0 amide bonds. The van der Waals surface area contributed by atoms with E-state index in [1.807, 2.05) is 24.5 Å². The first kappa shape index (κ1) is 14.3. The van der Waals surface area contributed by atoms with Gasteiger partial charge in [-0.3, -0.25) is 0 Å². The van der Waals surface area contributed by atoms with Gasteiger partial charge in [0, 0.05) is 24.9 Å². The third kappa shape index (κ3) is 3.52. The number of aryl methyl sites for hydroxylation is 1. The standard InChI is InChI=1S/C17H23N3O/c1-13-2-4-14(5-3-13)16(21)12-20-10-6-15(7-11-20)17-18-8-9-19-17/h2-5,8-9,15-16,21H,6-7,10-12H2,1H3,(H,18,19). The van der Waals surface area contributed by atoms with Gasteiger partial charge in [0.05, 0.1) is 6.10 Å². The second kappa shape index (κ2) is 6.41. The van der Waals surface area contributed by atoms with E-state index < -0.39 is 6.10 Å². The Morgan fingerprint density at radius 2 is 2.00 bits per heavy atom. The van der Waals surface area contributed by atoms with Crippen LogP contribution in [0, 0.1) is 6.92 Å². The molecule has 1 unspecified atom stereocenters. The lowest BCUT2D eigenvalue weighted by Crippen LogP contribution is -2.36. The highest BCUT2D eigenvalue weighted by Gasteiger charge is 2.23. The normalized spacial score (nSPS) is 18.8. The van der Waals surface area contributed by atoms with E-state index in [1.165, 1.54) is 5.56 Å². The molecule has 0 bridgehead atoms. The summed E-state index contributed by atoms with van der Waals surface area (Å²) in [5.41, 5.74) is 2.24. The van der Waals surface area contributed by atoms with E-state index >= 15 is 0 Å². The number of aromatic amines is 1. The van der Waals surface area contributed by atoms with Crippen LogP contribution in [0.2, 0.25) is 0 Å². The first-order chi connectivity index (χ1) is 10.2. The van der Waals surface area contributed by atoms with Gasteiger partial charge in [-0.25, -0.2) is 4.98 Å². The van der Waals surface area contributed by atoms with Crippen molar-refractivity contribution < 1.29 is 5.11 Å². The van der Waals surface area contributed by atoms with E-state index in [4.69, 9.17) is 0 Å². The molecule has 2 heterocycles. The first-order valence-corrected chi connectivity index (χ1v) is 7.68. The molecular formula is C17H23N3O. The molecule has 4 heteroatoms. The van der Waals surface area contributed by atoms with Gasteiger partial charge < -0.3 is 15.0 Å². The largest absolute Gasteiger partial charge is 0.387 e. The van der Waals surface area contributed by atoms with E-state index in [1.54, 1.807) is 0 Å². The minimum absolute atomic E-state index is 0.397. The Morgan fingerprint density at radius 1 is 1.29 bits per heavy atom. The molecule has 0 radical (unpaired) electrons. The van der Waals surface area contributed by atoms with Crippen molar-refractivity contribution in [1.82, 2.24) is 14.9 Å². The predicted octanol–water partition coefficient (Wildman–Crippen LogP) is 2.63. The van der Waals surface area contributed by atoms with Crippen LogP contribution in [0.25, 0.3) is 0 Å². The topological polar surface area (TPSA) is 52.1 Å². The molecule has 1 aliphatic rings. The van der Waals surface area contributed by atoms with Crippen LogP contribution in [0.15, 0.2) is 36.7 Å². The number of β-amino-alcohol motifs (C(OH)–C–C–N with tert-alkyl or cyclic N) is 1. The highest BCUT2D eigenvalue weighted by atomic mass is 16.3. The average Bonchev–Trinajstić information content (AvgIpc) is 3.03. The summed E-state index contributed by atoms with van der Waals surface area (Å²) in [7, 11) is 0. The molecule has 0 aliphatic carbocycles. The highest BCUT2D eigenvalue weighted by molar-refractivity contribution is 5.23. The van der Waals surface area contributed by atoms with Crippen molar-refractivity contribution >= 4 is 0 Å². The Balaban J connectivity index is 1.52. The summed E-state index contributed by atoms with van der Waals surface area (Å²) in [5.74, 6) is 1.64. The number of aliphatic hydroxyl groups is 1. The summed E-state index contributed by atoms with van der Waals surface area (Å²) in [6.07, 6.45) is 5.53. The van der Waals surface area contributed by atoms with Crippen LogP contribution in [-0.2, 0) is 0 Å². The number of piperidine rings is 1. The van der Waals surface area contributed by atoms with Gasteiger partial charge in [0.2, 0.25) is 0 Å². The van der Waals surface area contributed by atoms with Crippen LogP contribution < -0.4 is 0 Å². The molecule has 1 aromatic carbocycles. The molecule has 2 aromatic rings.